The largest absolute Gasteiger partial charge is 0.454 e. The highest BCUT2D eigenvalue weighted by Gasteiger charge is 2.17. The number of hydrogen-bond acceptors (Lipinski definition) is 3. The summed E-state index contributed by atoms with van der Waals surface area (Å²) < 4.78 is 15.3. The highest BCUT2D eigenvalue weighted by molar-refractivity contribution is 5.67. The van der Waals surface area contributed by atoms with Crippen LogP contribution in [0.3, 0.4) is 0 Å². The normalized spacial score (nSPS) is 12.9. The number of aromatic nitrogens is 3. The predicted octanol–water partition coefficient (Wildman–Crippen LogP) is 4.51. The van der Waals surface area contributed by atoms with Gasteiger partial charge in [0.2, 0.25) is 6.79 Å². The van der Waals surface area contributed by atoms with Crippen molar-refractivity contribution in [1.29, 1.82) is 0 Å². The molecule has 0 aliphatic carbocycles. The average molecular weight is 359 g/mol. The lowest BCUT2D eigenvalue weighted by Gasteiger charge is -2.10. The second-order valence-electron chi connectivity index (χ2n) is 7.11. The summed E-state index contributed by atoms with van der Waals surface area (Å²) in [5, 5.41) is 0. The molecule has 0 bridgehead atoms. The molecule has 27 heavy (non-hydrogen) atoms. The van der Waals surface area contributed by atoms with E-state index in [1.807, 2.05) is 12.3 Å². The fraction of sp³-hybridized carbons (Fsp3) is 0.227. The Kier molecular flexibility index (Phi) is 3.50. The van der Waals surface area contributed by atoms with Gasteiger partial charge in [-0.05, 0) is 56.2 Å². The second-order valence-corrected chi connectivity index (χ2v) is 7.11. The minimum Gasteiger partial charge on any atom is -0.454 e. The van der Waals surface area contributed by atoms with Gasteiger partial charge in [0, 0.05) is 35.9 Å². The van der Waals surface area contributed by atoms with Crippen molar-refractivity contribution in [3.8, 4) is 22.8 Å². The Labute approximate surface area is 157 Å². The lowest BCUT2D eigenvalue weighted by Crippen LogP contribution is -2.04. The van der Waals surface area contributed by atoms with Crippen molar-refractivity contribution in [2.75, 3.05) is 6.79 Å². The van der Waals surface area contributed by atoms with E-state index in [2.05, 4.69) is 66.3 Å². The van der Waals surface area contributed by atoms with E-state index in [0.717, 1.165) is 29.4 Å². The maximum atomic E-state index is 5.51. The number of aryl methyl sites for hydroxylation is 2. The second kappa shape index (κ2) is 5.91. The summed E-state index contributed by atoms with van der Waals surface area (Å²) in [4.78, 5) is 4.87. The smallest absolute Gasteiger partial charge is 0.231 e. The predicted molar refractivity (Wildman–Crippen MR) is 104 cm³/mol. The van der Waals surface area contributed by atoms with Crippen LogP contribution >= 0.6 is 0 Å². The molecule has 4 aromatic rings. The van der Waals surface area contributed by atoms with Gasteiger partial charge in [-0.1, -0.05) is 12.1 Å². The third kappa shape index (κ3) is 2.58. The van der Waals surface area contributed by atoms with E-state index in [-0.39, 0.29) is 0 Å². The van der Waals surface area contributed by atoms with E-state index >= 15 is 0 Å². The molecule has 1 aliphatic heterocycles. The van der Waals surface area contributed by atoms with Crippen molar-refractivity contribution in [3.05, 3.63) is 71.3 Å². The zero-order chi connectivity index (χ0) is 18.5. The van der Waals surface area contributed by atoms with Crippen LogP contribution in [0.4, 0.5) is 0 Å². The first-order valence-corrected chi connectivity index (χ1v) is 9.10. The van der Waals surface area contributed by atoms with Crippen molar-refractivity contribution in [3.63, 3.8) is 0 Å². The van der Waals surface area contributed by atoms with Crippen LogP contribution in [-0.2, 0) is 6.54 Å². The minimum atomic E-state index is 0.303. The van der Waals surface area contributed by atoms with Crippen LogP contribution in [-0.4, -0.2) is 20.7 Å². The van der Waals surface area contributed by atoms with Gasteiger partial charge in [0.25, 0.3) is 0 Å². The molecule has 0 radical (unpaired) electrons. The van der Waals surface area contributed by atoms with Crippen LogP contribution in [0.15, 0.2) is 48.8 Å². The first kappa shape index (κ1) is 16.0. The standard InChI is InChI=1S/C22H21N3O2/c1-14-5-4-8-24-12-19(23-22(14)24)18-9-15(2)25(16(18)3)11-17-6-7-20-21(10-17)27-13-26-20/h4-10,12H,11,13H2,1-3H3. The lowest BCUT2D eigenvalue weighted by atomic mass is 10.2. The number of rotatable bonds is 3. The molecule has 136 valence electrons. The Bertz CT molecular complexity index is 1170. The van der Waals surface area contributed by atoms with Crippen molar-refractivity contribution < 1.29 is 9.47 Å². The first-order chi connectivity index (χ1) is 13.1. The Morgan fingerprint density at radius 3 is 2.74 bits per heavy atom. The molecular formula is C22H21N3O2. The van der Waals surface area contributed by atoms with Gasteiger partial charge >= 0.3 is 0 Å². The van der Waals surface area contributed by atoms with E-state index in [4.69, 9.17) is 14.5 Å². The van der Waals surface area contributed by atoms with E-state index < -0.39 is 0 Å². The topological polar surface area (TPSA) is 40.7 Å². The van der Waals surface area contributed by atoms with E-state index in [9.17, 15) is 0 Å². The van der Waals surface area contributed by atoms with E-state index in [1.165, 1.54) is 28.1 Å². The summed E-state index contributed by atoms with van der Waals surface area (Å²) in [5.74, 6) is 1.64. The highest BCUT2D eigenvalue weighted by Crippen LogP contribution is 2.33. The first-order valence-electron chi connectivity index (χ1n) is 9.10. The molecule has 0 saturated carbocycles. The number of imidazole rings is 1. The average Bonchev–Trinajstić information content (AvgIpc) is 3.35. The van der Waals surface area contributed by atoms with Gasteiger partial charge in [0.05, 0.1) is 5.69 Å². The van der Waals surface area contributed by atoms with Crippen LogP contribution in [0.25, 0.3) is 16.9 Å². The maximum Gasteiger partial charge on any atom is 0.231 e. The number of fused-ring (bicyclic) bond motifs is 2. The number of benzene rings is 1. The number of nitrogens with zero attached hydrogens (tertiary/aromatic N) is 3. The van der Waals surface area contributed by atoms with E-state index in [1.54, 1.807) is 0 Å². The zero-order valence-corrected chi connectivity index (χ0v) is 15.7. The van der Waals surface area contributed by atoms with Gasteiger partial charge in [-0.15, -0.1) is 0 Å². The quantitative estimate of drug-likeness (QED) is 0.541. The van der Waals surface area contributed by atoms with Gasteiger partial charge in [0.1, 0.15) is 5.65 Å². The lowest BCUT2D eigenvalue weighted by molar-refractivity contribution is 0.174. The van der Waals surface area contributed by atoms with Crippen molar-refractivity contribution >= 4 is 5.65 Å². The summed E-state index contributed by atoms with van der Waals surface area (Å²) in [6.07, 6.45) is 4.15. The number of hydrogen-bond donors (Lipinski definition) is 0. The third-order valence-corrected chi connectivity index (χ3v) is 5.31. The third-order valence-electron chi connectivity index (χ3n) is 5.31. The molecule has 0 atom stereocenters. The molecule has 5 heteroatoms. The summed E-state index contributed by atoms with van der Waals surface area (Å²) in [6.45, 7) is 7.49. The molecule has 0 unspecified atom stereocenters. The minimum absolute atomic E-state index is 0.303. The van der Waals surface area contributed by atoms with Crippen LogP contribution in [0, 0.1) is 20.8 Å². The van der Waals surface area contributed by atoms with Crippen LogP contribution in [0.1, 0.15) is 22.5 Å². The monoisotopic (exact) mass is 359 g/mol. The molecule has 3 aromatic heterocycles. The molecule has 0 spiro atoms. The van der Waals surface area contributed by atoms with Crippen LogP contribution in [0.2, 0.25) is 0 Å². The van der Waals surface area contributed by atoms with Gasteiger partial charge in [0.15, 0.2) is 11.5 Å². The number of pyridine rings is 1. The molecule has 4 heterocycles. The molecule has 1 aromatic carbocycles. The fourth-order valence-electron chi connectivity index (χ4n) is 3.81. The van der Waals surface area contributed by atoms with Crippen LogP contribution < -0.4 is 9.47 Å². The zero-order valence-electron chi connectivity index (χ0n) is 15.7. The van der Waals surface area contributed by atoms with Gasteiger partial charge < -0.3 is 18.4 Å². The Morgan fingerprint density at radius 2 is 1.89 bits per heavy atom. The summed E-state index contributed by atoms with van der Waals surface area (Å²) >= 11 is 0. The van der Waals surface area contributed by atoms with Crippen molar-refractivity contribution in [1.82, 2.24) is 14.0 Å². The molecule has 0 amide bonds. The molecule has 0 N–H and O–H groups in total. The number of ether oxygens (including phenoxy) is 2. The molecule has 0 fully saturated rings. The summed E-state index contributed by atoms with van der Waals surface area (Å²) in [5.41, 5.74) is 8.00. The van der Waals surface area contributed by atoms with Crippen LogP contribution in [0.5, 0.6) is 11.5 Å². The van der Waals surface area contributed by atoms with Gasteiger partial charge in [-0.25, -0.2) is 4.98 Å². The van der Waals surface area contributed by atoms with Gasteiger partial charge in [-0.2, -0.15) is 0 Å². The Hall–Kier alpha value is -3.21. The summed E-state index contributed by atoms with van der Waals surface area (Å²) in [6, 6.07) is 12.5. The molecule has 0 saturated heterocycles. The van der Waals surface area contributed by atoms with Gasteiger partial charge in [-0.3, -0.25) is 0 Å². The highest BCUT2D eigenvalue weighted by atomic mass is 16.7. The van der Waals surface area contributed by atoms with Crippen molar-refractivity contribution in [2.45, 2.75) is 27.3 Å². The molecule has 5 rings (SSSR count). The van der Waals surface area contributed by atoms with E-state index in [0.29, 0.717) is 6.79 Å². The molecular weight excluding hydrogens is 338 g/mol. The Morgan fingerprint density at radius 1 is 1.04 bits per heavy atom. The maximum absolute atomic E-state index is 5.51. The molecule has 1 aliphatic rings. The Balaban J connectivity index is 1.53. The summed E-state index contributed by atoms with van der Waals surface area (Å²) in [7, 11) is 0. The van der Waals surface area contributed by atoms with Crippen molar-refractivity contribution in [2.24, 2.45) is 0 Å². The molecule has 5 nitrogen and oxygen atoms in total. The SMILES string of the molecule is Cc1cccn2cc(-c3cc(C)n(Cc4ccc5c(c4)OCO5)c3C)nc12. The fourth-order valence-corrected chi connectivity index (χ4v) is 3.81.